The van der Waals surface area contributed by atoms with E-state index in [1.807, 2.05) is 27.7 Å². The third-order valence-electron chi connectivity index (χ3n) is 12.0. The number of carbonyl (C=O) groups is 9. The van der Waals surface area contributed by atoms with Crippen LogP contribution in [0.1, 0.15) is 163 Å². The van der Waals surface area contributed by atoms with Crippen molar-refractivity contribution in [3.8, 4) is 0 Å². The normalized spacial score (nSPS) is 16.9. The number of methoxy groups -OCH3 is 1. The van der Waals surface area contributed by atoms with Crippen LogP contribution >= 0.6 is 0 Å². The van der Waals surface area contributed by atoms with Crippen molar-refractivity contribution in [2.75, 3.05) is 7.11 Å². The van der Waals surface area contributed by atoms with Gasteiger partial charge in [0.2, 0.25) is 41.4 Å². The highest BCUT2D eigenvalue weighted by atomic mass is 16.6. The van der Waals surface area contributed by atoms with E-state index in [2.05, 4.69) is 42.5 Å². The number of nitrogens with one attached hydrogen (secondary N) is 8. The Morgan fingerprint density at radius 3 is 1.17 bits per heavy atom. The minimum absolute atomic E-state index is 0.00268. The van der Waals surface area contributed by atoms with Crippen LogP contribution in [0.2, 0.25) is 0 Å². The highest BCUT2D eigenvalue weighted by Crippen LogP contribution is 2.30. The summed E-state index contributed by atoms with van der Waals surface area (Å²) >= 11 is 0. The van der Waals surface area contributed by atoms with E-state index in [4.69, 9.17) is 9.47 Å². The first kappa shape index (κ1) is 62.0. The fourth-order valence-electron chi connectivity index (χ4n) is 8.03. The number of alkyl carbamates (subject to hydrolysis) is 1. The molecule has 0 heterocycles. The van der Waals surface area contributed by atoms with Crippen LogP contribution in [-0.2, 0) is 47.8 Å². The smallest absolute Gasteiger partial charge is 0.408 e. The van der Waals surface area contributed by atoms with Crippen LogP contribution in [0.25, 0.3) is 0 Å². The lowest BCUT2D eigenvalue weighted by Crippen LogP contribution is -2.67. The predicted octanol–water partition coefficient (Wildman–Crippen LogP) is 4.15. The molecule has 0 bridgehead atoms. The fourth-order valence-corrected chi connectivity index (χ4v) is 8.03. The van der Waals surface area contributed by atoms with Crippen LogP contribution < -0.4 is 42.5 Å². The van der Waals surface area contributed by atoms with E-state index < -0.39 is 131 Å². The van der Waals surface area contributed by atoms with Crippen molar-refractivity contribution >= 4 is 53.4 Å². The summed E-state index contributed by atoms with van der Waals surface area (Å²) in [6.07, 6.45) is 2.21. The van der Waals surface area contributed by atoms with Gasteiger partial charge in [-0.1, -0.05) is 116 Å². The second-order valence-electron chi connectivity index (χ2n) is 22.3. The standard InChI is InChI=1S/C50H90N8O11/c1-26(2)24-33(40(59)53-36(29(7)8)44(63)56-39(32(13)14)46(65)68-18)51-42(61)37(30(9)10)57-47(66)50(22-20-19-21-23-50)58-45(64)38(31(11)12)55-43(62)35(28(5)6)54-41(60)34(25-27(3)4)52-48(67)69-49(15,16)17/h26-39H,19-25H2,1-18H3,(H,51,61)(H,52,67)(H,53,59)(H,54,60)(H,55,62)(H,56,63)(H,57,66)(H,58,64)/t33-,34-,35-,36-,37+,38-,39-/m0/s1. The molecule has 0 saturated heterocycles. The first-order chi connectivity index (χ1) is 31.8. The maximum absolute atomic E-state index is 14.6. The Morgan fingerprint density at radius 1 is 0.449 bits per heavy atom. The molecule has 1 rings (SSSR count). The Morgan fingerprint density at radius 2 is 0.797 bits per heavy atom. The number of ether oxygens (including phenoxy) is 2. The zero-order valence-corrected chi connectivity index (χ0v) is 45.0. The van der Waals surface area contributed by atoms with E-state index in [9.17, 15) is 43.2 Å². The molecule has 19 nitrogen and oxygen atoms in total. The van der Waals surface area contributed by atoms with Gasteiger partial charge in [0.15, 0.2) is 0 Å². The molecule has 1 saturated carbocycles. The molecule has 69 heavy (non-hydrogen) atoms. The average Bonchev–Trinajstić information content (AvgIpc) is 3.22. The maximum atomic E-state index is 14.6. The van der Waals surface area contributed by atoms with Gasteiger partial charge in [-0.3, -0.25) is 33.6 Å². The molecular weight excluding hydrogens is 889 g/mol. The maximum Gasteiger partial charge on any atom is 0.408 e. The quantitative estimate of drug-likeness (QED) is 0.0603. The average molecular weight is 979 g/mol. The monoisotopic (exact) mass is 979 g/mol. The Balaban J connectivity index is 3.40. The number of rotatable bonds is 25. The molecule has 0 aromatic rings. The molecule has 19 heteroatoms. The summed E-state index contributed by atoms with van der Waals surface area (Å²) < 4.78 is 10.2. The topological polar surface area (TPSA) is 268 Å². The van der Waals surface area contributed by atoms with Gasteiger partial charge in [-0.2, -0.15) is 0 Å². The molecule has 1 aliphatic carbocycles. The van der Waals surface area contributed by atoms with Gasteiger partial charge < -0.3 is 52.0 Å². The summed E-state index contributed by atoms with van der Waals surface area (Å²) in [6, 6.07) is -7.50. The van der Waals surface area contributed by atoms with Gasteiger partial charge in [0.25, 0.3) is 0 Å². The molecule has 8 N–H and O–H groups in total. The summed E-state index contributed by atoms with van der Waals surface area (Å²) in [6.45, 7) is 30.1. The highest BCUT2D eigenvalue weighted by Gasteiger charge is 2.45. The molecular formula is C50H90N8O11. The first-order valence-electron chi connectivity index (χ1n) is 25.0. The summed E-state index contributed by atoms with van der Waals surface area (Å²) in [4.78, 5) is 123. The Kier molecular flexibility index (Phi) is 25.2. The Bertz CT molecular complexity index is 1750. The van der Waals surface area contributed by atoms with Gasteiger partial charge in [0, 0.05) is 0 Å². The summed E-state index contributed by atoms with van der Waals surface area (Å²) in [5.41, 5.74) is -2.25. The molecule has 0 aliphatic heterocycles. The van der Waals surface area contributed by atoms with Crippen molar-refractivity contribution in [1.82, 2.24) is 42.5 Å². The lowest BCUT2D eigenvalue weighted by atomic mass is 9.80. The second kappa shape index (κ2) is 28.0. The minimum atomic E-state index is -1.45. The van der Waals surface area contributed by atoms with Gasteiger partial charge in [0.1, 0.15) is 53.4 Å². The SMILES string of the molecule is COC(=O)[C@@H](NC(=O)[C@@H](NC(=O)[C@H](CC(C)C)NC(=O)[C@H](NC(=O)C1(NC(=O)[C@@H](NC(=O)[C@@H](NC(=O)[C@H](CC(C)C)NC(=O)OC(C)(C)C)C(C)C)C(C)C)CCCCC1)C(C)C)C(C)C)C(C)C. The lowest BCUT2D eigenvalue weighted by Gasteiger charge is -2.39. The molecule has 0 unspecified atom stereocenters. The van der Waals surface area contributed by atoms with Crippen molar-refractivity contribution in [3.63, 3.8) is 0 Å². The van der Waals surface area contributed by atoms with Crippen molar-refractivity contribution in [2.24, 2.45) is 41.4 Å². The molecule has 1 aliphatic rings. The van der Waals surface area contributed by atoms with E-state index in [1.165, 1.54) is 7.11 Å². The second-order valence-corrected chi connectivity index (χ2v) is 22.3. The molecule has 0 radical (unpaired) electrons. The molecule has 0 aromatic carbocycles. The van der Waals surface area contributed by atoms with Crippen molar-refractivity contribution < 1.29 is 52.6 Å². The van der Waals surface area contributed by atoms with E-state index >= 15 is 0 Å². The fraction of sp³-hybridized carbons (Fsp3) is 0.820. The van der Waals surface area contributed by atoms with Gasteiger partial charge in [-0.25, -0.2) is 9.59 Å². The molecule has 396 valence electrons. The molecule has 7 atom stereocenters. The predicted molar refractivity (Wildman–Crippen MR) is 264 cm³/mol. The van der Waals surface area contributed by atoms with E-state index in [0.29, 0.717) is 12.8 Å². The van der Waals surface area contributed by atoms with Crippen LogP contribution in [0.5, 0.6) is 0 Å². The van der Waals surface area contributed by atoms with E-state index in [-0.39, 0.29) is 43.4 Å². The van der Waals surface area contributed by atoms with Gasteiger partial charge >= 0.3 is 12.1 Å². The van der Waals surface area contributed by atoms with Crippen molar-refractivity contribution in [1.29, 1.82) is 0 Å². The first-order valence-corrected chi connectivity index (χ1v) is 25.0. The van der Waals surface area contributed by atoms with Crippen LogP contribution in [-0.4, -0.2) is 114 Å². The molecule has 0 spiro atoms. The molecule has 0 aromatic heterocycles. The number of amides is 8. The zero-order chi connectivity index (χ0) is 53.3. The molecule has 1 fully saturated rings. The summed E-state index contributed by atoms with van der Waals surface area (Å²) in [5.74, 6) is -7.05. The molecule has 8 amide bonds. The third-order valence-corrected chi connectivity index (χ3v) is 12.0. The van der Waals surface area contributed by atoms with Crippen LogP contribution in [0.3, 0.4) is 0 Å². The number of hydrogen-bond donors (Lipinski definition) is 8. The van der Waals surface area contributed by atoms with Crippen molar-refractivity contribution in [2.45, 2.75) is 216 Å². The van der Waals surface area contributed by atoms with Gasteiger partial charge in [-0.15, -0.1) is 0 Å². The third kappa shape index (κ3) is 20.5. The van der Waals surface area contributed by atoms with Gasteiger partial charge in [0.05, 0.1) is 7.11 Å². The van der Waals surface area contributed by atoms with Crippen LogP contribution in [0.4, 0.5) is 4.79 Å². The highest BCUT2D eigenvalue weighted by molar-refractivity contribution is 5.99. The van der Waals surface area contributed by atoms with Crippen molar-refractivity contribution in [3.05, 3.63) is 0 Å². The van der Waals surface area contributed by atoms with Crippen LogP contribution in [0.15, 0.2) is 0 Å². The summed E-state index contributed by atoms with van der Waals surface area (Å²) in [7, 11) is 1.22. The van der Waals surface area contributed by atoms with E-state index in [0.717, 1.165) is 6.42 Å². The lowest BCUT2D eigenvalue weighted by molar-refractivity contribution is -0.147. The number of esters is 1. The van der Waals surface area contributed by atoms with Gasteiger partial charge in [-0.05, 0) is 87.9 Å². The number of hydrogen-bond acceptors (Lipinski definition) is 11. The number of carbonyl (C=O) groups excluding carboxylic acids is 9. The Hall–Kier alpha value is -4.97. The van der Waals surface area contributed by atoms with Crippen LogP contribution in [0, 0.1) is 41.4 Å². The largest absolute Gasteiger partial charge is 0.467 e. The Labute approximate surface area is 412 Å². The minimum Gasteiger partial charge on any atom is -0.467 e. The summed E-state index contributed by atoms with van der Waals surface area (Å²) in [5, 5.41) is 22.4. The zero-order valence-electron chi connectivity index (χ0n) is 45.0. The van der Waals surface area contributed by atoms with E-state index in [1.54, 1.807) is 90.0 Å².